The minimum absolute atomic E-state index is 0.420. The second-order valence-electron chi connectivity index (χ2n) is 4.25. The van der Waals surface area contributed by atoms with Gasteiger partial charge in [-0.1, -0.05) is 19.1 Å². The molecule has 20 heavy (non-hydrogen) atoms. The number of hydrogen-bond acceptors (Lipinski definition) is 4. The van der Waals surface area contributed by atoms with E-state index in [9.17, 15) is 9.59 Å². The van der Waals surface area contributed by atoms with E-state index in [-0.39, 0.29) is 0 Å². The van der Waals surface area contributed by atoms with Gasteiger partial charge in [0, 0.05) is 11.1 Å². The maximum atomic E-state index is 11.7. The van der Waals surface area contributed by atoms with Crippen LogP contribution >= 0.6 is 11.3 Å². The molecular weight excluding hydrogens is 274 g/mol. The number of benzene rings is 1. The normalized spacial score (nSPS) is 10.1. The highest BCUT2D eigenvalue weighted by Crippen LogP contribution is 2.14. The van der Waals surface area contributed by atoms with Crippen LogP contribution in [0.4, 0.5) is 10.8 Å². The summed E-state index contributed by atoms with van der Waals surface area (Å²) in [5, 5.41) is 7.23. The van der Waals surface area contributed by atoms with Gasteiger partial charge in [0.25, 0.3) is 0 Å². The predicted octanol–water partition coefficient (Wildman–Crippen LogP) is 2.59. The zero-order valence-electron chi connectivity index (χ0n) is 11.3. The van der Waals surface area contributed by atoms with Gasteiger partial charge in [-0.15, -0.1) is 11.3 Å². The largest absolute Gasteiger partial charge is 0.318 e. The standard InChI is InChI=1S/C14H15N3O2S/c1-3-10-4-6-11(7-5-10)16-12(18)13(19)17-14-15-9(2)8-20-14/h4-8H,3H2,1-2H3,(H,16,18)(H,15,17,19). The molecule has 0 unspecified atom stereocenters. The van der Waals surface area contributed by atoms with Gasteiger partial charge >= 0.3 is 11.8 Å². The number of carbonyl (C=O) groups excluding carboxylic acids is 2. The number of hydrogen-bond donors (Lipinski definition) is 2. The van der Waals surface area contributed by atoms with Crippen LogP contribution in [-0.2, 0) is 16.0 Å². The van der Waals surface area contributed by atoms with Crippen molar-refractivity contribution < 1.29 is 9.59 Å². The van der Waals surface area contributed by atoms with Crippen LogP contribution in [0.25, 0.3) is 0 Å². The Morgan fingerprint density at radius 1 is 1.15 bits per heavy atom. The SMILES string of the molecule is CCc1ccc(NC(=O)C(=O)Nc2nc(C)cs2)cc1. The molecule has 0 aliphatic heterocycles. The van der Waals surface area contributed by atoms with Gasteiger partial charge in [-0.3, -0.25) is 14.9 Å². The molecule has 0 saturated heterocycles. The lowest BCUT2D eigenvalue weighted by atomic mass is 10.1. The molecule has 5 nitrogen and oxygen atoms in total. The van der Waals surface area contributed by atoms with Crippen LogP contribution in [-0.4, -0.2) is 16.8 Å². The van der Waals surface area contributed by atoms with Crippen LogP contribution < -0.4 is 10.6 Å². The highest BCUT2D eigenvalue weighted by atomic mass is 32.1. The molecule has 0 radical (unpaired) electrons. The number of anilines is 2. The number of thiazole rings is 1. The molecule has 0 atom stereocenters. The Morgan fingerprint density at radius 2 is 1.80 bits per heavy atom. The fraction of sp³-hybridized carbons (Fsp3) is 0.214. The fourth-order valence-corrected chi connectivity index (χ4v) is 2.26. The number of amides is 2. The van der Waals surface area contributed by atoms with Crippen molar-refractivity contribution in [3.63, 3.8) is 0 Å². The second kappa shape index (κ2) is 6.29. The molecule has 0 fully saturated rings. The number of nitrogens with zero attached hydrogens (tertiary/aromatic N) is 1. The summed E-state index contributed by atoms with van der Waals surface area (Å²) in [7, 11) is 0. The number of aryl methyl sites for hydroxylation is 2. The van der Waals surface area contributed by atoms with E-state index in [1.165, 1.54) is 16.9 Å². The van der Waals surface area contributed by atoms with Crippen LogP contribution in [0.15, 0.2) is 29.6 Å². The molecule has 0 aliphatic rings. The van der Waals surface area contributed by atoms with E-state index in [2.05, 4.69) is 22.5 Å². The zero-order valence-corrected chi connectivity index (χ0v) is 12.1. The maximum absolute atomic E-state index is 11.7. The third-order valence-corrected chi connectivity index (χ3v) is 3.54. The molecule has 1 aromatic carbocycles. The smallest absolute Gasteiger partial charge is 0.315 e. The van der Waals surface area contributed by atoms with Crippen molar-refractivity contribution in [2.75, 3.05) is 10.6 Å². The molecular formula is C14H15N3O2S. The molecule has 0 spiro atoms. The summed E-state index contributed by atoms with van der Waals surface area (Å²) in [6.45, 7) is 3.87. The first kappa shape index (κ1) is 14.2. The van der Waals surface area contributed by atoms with Crippen LogP contribution in [0.5, 0.6) is 0 Å². The predicted molar refractivity (Wildman–Crippen MR) is 79.9 cm³/mol. The Hall–Kier alpha value is -2.21. The van der Waals surface area contributed by atoms with Crippen LogP contribution in [0.1, 0.15) is 18.2 Å². The summed E-state index contributed by atoms with van der Waals surface area (Å²) in [6.07, 6.45) is 0.929. The van der Waals surface area contributed by atoms with Gasteiger partial charge < -0.3 is 5.32 Å². The van der Waals surface area contributed by atoms with E-state index in [4.69, 9.17) is 0 Å². The molecule has 2 rings (SSSR count). The summed E-state index contributed by atoms with van der Waals surface area (Å²) < 4.78 is 0. The molecule has 104 valence electrons. The van der Waals surface area contributed by atoms with Crippen molar-refractivity contribution >= 4 is 34.0 Å². The number of carbonyl (C=O) groups is 2. The van der Waals surface area contributed by atoms with Crippen molar-refractivity contribution in [1.29, 1.82) is 0 Å². The number of aromatic nitrogens is 1. The van der Waals surface area contributed by atoms with Crippen LogP contribution in [0, 0.1) is 6.92 Å². The molecule has 6 heteroatoms. The van der Waals surface area contributed by atoms with E-state index >= 15 is 0 Å². The van der Waals surface area contributed by atoms with Gasteiger partial charge in [-0.25, -0.2) is 4.98 Å². The Morgan fingerprint density at radius 3 is 2.35 bits per heavy atom. The lowest BCUT2D eigenvalue weighted by molar-refractivity contribution is -0.132. The van der Waals surface area contributed by atoms with E-state index in [1.807, 2.05) is 19.1 Å². The monoisotopic (exact) mass is 289 g/mol. The van der Waals surface area contributed by atoms with Crippen molar-refractivity contribution in [1.82, 2.24) is 4.98 Å². The Labute approximate surface area is 121 Å². The van der Waals surface area contributed by atoms with Crippen LogP contribution in [0.3, 0.4) is 0 Å². The molecule has 2 N–H and O–H groups in total. The van der Waals surface area contributed by atoms with Crippen molar-refractivity contribution in [3.8, 4) is 0 Å². The first-order valence-electron chi connectivity index (χ1n) is 6.22. The Bertz CT molecular complexity index is 620. The second-order valence-corrected chi connectivity index (χ2v) is 5.11. The third kappa shape index (κ3) is 3.64. The topological polar surface area (TPSA) is 71.1 Å². The minimum Gasteiger partial charge on any atom is -0.318 e. The van der Waals surface area contributed by atoms with E-state index in [0.717, 1.165) is 12.1 Å². The highest BCUT2D eigenvalue weighted by molar-refractivity contribution is 7.14. The van der Waals surface area contributed by atoms with Gasteiger partial charge in [0.05, 0.1) is 5.69 Å². The number of rotatable bonds is 3. The summed E-state index contributed by atoms with van der Waals surface area (Å²) in [6, 6.07) is 7.38. The highest BCUT2D eigenvalue weighted by Gasteiger charge is 2.15. The summed E-state index contributed by atoms with van der Waals surface area (Å²) >= 11 is 1.28. The summed E-state index contributed by atoms with van der Waals surface area (Å²) in [5.41, 5.74) is 2.57. The van der Waals surface area contributed by atoms with Crippen molar-refractivity contribution in [2.45, 2.75) is 20.3 Å². The quantitative estimate of drug-likeness (QED) is 0.853. The first-order chi connectivity index (χ1) is 9.58. The van der Waals surface area contributed by atoms with Crippen molar-refractivity contribution in [2.24, 2.45) is 0 Å². The van der Waals surface area contributed by atoms with Gasteiger partial charge in [-0.05, 0) is 31.0 Å². The van der Waals surface area contributed by atoms with Gasteiger partial charge in [-0.2, -0.15) is 0 Å². The van der Waals surface area contributed by atoms with E-state index in [1.54, 1.807) is 17.5 Å². The summed E-state index contributed by atoms with van der Waals surface area (Å²) in [4.78, 5) is 27.5. The van der Waals surface area contributed by atoms with Crippen molar-refractivity contribution in [3.05, 3.63) is 40.9 Å². The van der Waals surface area contributed by atoms with E-state index < -0.39 is 11.8 Å². The number of nitrogens with one attached hydrogen (secondary N) is 2. The minimum atomic E-state index is -0.723. The molecule has 0 aliphatic carbocycles. The molecule has 0 bridgehead atoms. The molecule has 2 aromatic rings. The van der Waals surface area contributed by atoms with Gasteiger partial charge in [0.2, 0.25) is 0 Å². The maximum Gasteiger partial charge on any atom is 0.315 e. The lowest BCUT2D eigenvalue weighted by Crippen LogP contribution is -2.29. The molecule has 2 amide bonds. The summed E-state index contributed by atoms with van der Waals surface area (Å²) in [5.74, 6) is -1.43. The fourth-order valence-electron chi connectivity index (χ4n) is 1.58. The Balaban J connectivity index is 1.94. The first-order valence-corrected chi connectivity index (χ1v) is 7.10. The molecule has 1 aromatic heterocycles. The average molecular weight is 289 g/mol. The Kier molecular flexibility index (Phi) is 4.47. The van der Waals surface area contributed by atoms with Crippen LogP contribution in [0.2, 0.25) is 0 Å². The van der Waals surface area contributed by atoms with Gasteiger partial charge in [0.15, 0.2) is 5.13 Å². The molecule has 1 heterocycles. The third-order valence-electron chi connectivity index (χ3n) is 2.67. The zero-order chi connectivity index (χ0) is 14.5. The average Bonchev–Trinajstić information content (AvgIpc) is 2.85. The van der Waals surface area contributed by atoms with E-state index in [0.29, 0.717) is 10.8 Å². The lowest BCUT2D eigenvalue weighted by Gasteiger charge is -2.05. The molecule has 0 saturated carbocycles. The van der Waals surface area contributed by atoms with Gasteiger partial charge in [0.1, 0.15) is 0 Å².